The van der Waals surface area contributed by atoms with E-state index in [1.807, 2.05) is 31.9 Å². The molecule has 0 saturated carbocycles. The molecule has 1 rings (SSSR count). The Morgan fingerprint density at radius 3 is 2.80 bits per heavy atom. The van der Waals surface area contributed by atoms with Gasteiger partial charge in [-0.1, -0.05) is 5.16 Å². The molecule has 0 aliphatic carbocycles. The maximum absolute atomic E-state index is 8.65. The normalized spacial score (nSPS) is 11.5. The van der Waals surface area contributed by atoms with Crippen LogP contribution in [0.15, 0.2) is 17.3 Å². The van der Waals surface area contributed by atoms with Gasteiger partial charge in [-0.3, -0.25) is 0 Å². The Balaban J connectivity index is 3.26. The van der Waals surface area contributed by atoms with Gasteiger partial charge in [0.2, 0.25) is 0 Å². The number of nitrogens with zero attached hydrogens (tertiary/aromatic N) is 3. The Hall–Kier alpha value is -1.78. The number of nitrogens with two attached hydrogens (primary N) is 1. The summed E-state index contributed by atoms with van der Waals surface area (Å²) in [4.78, 5) is 6.31. The van der Waals surface area contributed by atoms with Crippen molar-refractivity contribution in [3.63, 3.8) is 0 Å². The smallest absolute Gasteiger partial charge is 0.173 e. The van der Waals surface area contributed by atoms with Gasteiger partial charge in [0.05, 0.1) is 5.56 Å². The average Bonchev–Trinajstić information content (AvgIpc) is 2.26. The molecule has 0 radical (unpaired) electrons. The molecule has 1 heterocycles. The molecule has 0 saturated heterocycles. The average molecular weight is 208 g/mol. The van der Waals surface area contributed by atoms with Crippen LogP contribution in [0, 0.1) is 6.92 Å². The van der Waals surface area contributed by atoms with Gasteiger partial charge in [-0.15, -0.1) is 0 Å². The van der Waals surface area contributed by atoms with Gasteiger partial charge in [0, 0.05) is 19.3 Å². The van der Waals surface area contributed by atoms with E-state index in [9.17, 15) is 0 Å². The summed E-state index contributed by atoms with van der Waals surface area (Å²) in [6.45, 7) is 4.73. The zero-order valence-electron chi connectivity index (χ0n) is 9.23. The van der Waals surface area contributed by atoms with Crippen molar-refractivity contribution >= 4 is 11.7 Å². The molecule has 0 aromatic carbocycles. The first-order valence-corrected chi connectivity index (χ1v) is 4.76. The standard InChI is InChI=1S/C10H16N4O/c1-4-14(3)10-8(9(11)13-15)6-5-7(2)12-10/h5-6,15H,4H2,1-3H3,(H2,11,13). The molecule has 15 heavy (non-hydrogen) atoms. The van der Waals surface area contributed by atoms with E-state index >= 15 is 0 Å². The Kier molecular flexibility index (Phi) is 3.49. The highest BCUT2D eigenvalue weighted by molar-refractivity contribution is 6.01. The highest BCUT2D eigenvalue weighted by atomic mass is 16.4. The highest BCUT2D eigenvalue weighted by Gasteiger charge is 2.11. The van der Waals surface area contributed by atoms with Crippen molar-refractivity contribution in [2.45, 2.75) is 13.8 Å². The van der Waals surface area contributed by atoms with E-state index in [0.29, 0.717) is 5.56 Å². The predicted octanol–water partition coefficient (Wildman–Crippen LogP) is 0.941. The molecule has 0 aliphatic rings. The molecule has 0 atom stereocenters. The lowest BCUT2D eigenvalue weighted by Crippen LogP contribution is -2.24. The second-order valence-corrected chi connectivity index (χ2v) is 3.32. The van der Waals surface area contributed by atoms with Crippen LogP contribution < -0.4 is 10.6 Å². The molecule has 3 N–H and O–H groups in total. The van der Waals surface area contributed by atoms with Gasteiger partial charge in [-0.25, -0.2) is 4.98 Å². The number of anilines is 1. The Bertz CT molecular complexity index is 376. The van der Waals surface area contributed by atoms with E-state index in [-0.39, 0.29) is 5.84 Å². The molecular formula is C10H16N4O. The number of rotatable bonds is 3. The maximum Gasteiger partial charge on any atom is 0.173 e. The highest BCUT2D eigenvalue weighted by Crippen LogP contribution is 2.16. The first-order valence-electron chi connectivity index (χ1n) is 4.76. The summed E-state index contributed by atoms with van der Waals surface area (Å²) in [7, 11) is 1.91. The van der Waals surface area contributed by atoms with E-state index in [1.165, 1.54) is 0 Å². The third kappa shape index (κ3) is 2.37. The number of hydrogen-bond acceptors (Lipinski definition) is 4. The number of hydrogen-bond donors (Lipinski definition) is 2. The van der Waals surface area contributed by atoms with Gasteiger partial charge in [0.1, 0.15) is 5.82 Å². The van der Waals surface area contributed by atoms with E-state index in [2.05, 4.69) is 10.1 Å². The van der Waals surface area contributed by atoms with Crippen LogP contribution in [0.5, 0.6) is 0 Å². The lowest BCUT2D eigenvalue weighted by atomic mass is 10.2. The van der Waals surface area contributed by atoms with Crippen molar-refractivity contribution in [2.75, 3.05) is 18.5 Å². The monoisotopic (exact) mass is 208 g/mol. The van der Waals surface area contributed by atoms with Crippen molar-refractivity contribution in [3.05, 3.63) is 23.4 Å². The van der Waals surface area contributed by atoms with E-state index in [4.69, 9.17) is 10.9 Å². The van der Waals surface area contributed by atoms with Gasteiger partial charge in [-0.2, -0.15) is 0 Å². The number of aromatic nitrogens is 1. The summed E-state index contributed by atoms with van der Waals surface area (Å²) >= 11 is 0. The summed E-state index contributed by atoms with van der Waals surface area (Å²) in [6.07, 6.45) is 0. The van der Waals surface area contributed by atoms with Crippen LogP contribution in [-0.2, 0) is 0 Å². The minimum absolute atomic E-state index is 0.0813. The van der Waals surface area contributed by atoms with E-state index < -0.39 is 0 Å². The van der Waals surface area contributed by atoms with Crippen molar-refractivity contribution in [1.29, 1.82) is 0 Å². The quantitative estimate of drug-likeness (QED) is 0.335. The summed E-state index contributed by atoms with van der Waals surface area (Å²) in [6, 6.07) is 3.64. The maximum atomic E-state index is 8.65. The molecule has 5 nitrogen and oxygen atoms in total. The fourth-order valence-corrected chi connectivity index (χ4v) is 1.24. The topological polar surface area (TPSA) is 74.7 Å². The third-order valence-corrected chi connectivity index (χ3v) is 2.23. The molecule has 0 amide bonds. The second kappa shape index (κ2) is 4.63. The number of oxime groups is 1. The molecule has 0 spiro atoms. The van der Waals surface area contributed by atoms with Crippen LogP contribution >= 0.6 is 0 Å². The zero-order valence-corrected chi connectivity index (χ0v) is 9.23. The van der Waals surface area contributed by atoms with Gasteiger partial charge in [0.25, 0.3) is 0 Å². The van der Waals surface area contributed by atoms with Crippen LogP contribution in [0.4, 0.5) is 5.82 Å². The largest absolute Gasteiger partial charge is 0.409 e. The van der Waals surface area contributed by atoms with Crippen LogP contribution in [0.3, 0.4) is 0 Å². The number of aryl methyl sites for hydroxylation is 1. The summed E-state index contributed by atoms with van der Waals surface area (Å²) in [5.41, 5.74) is 7.12. The van der Waals surface area contributed by atoms with Crippen molar-refractivity contribution in [2.24, 2.45) is 10.9 Å². The van der Waals surface area contributed by atoms with Crippen molar-refractivity contribution in [1.82, 2.24) is 4.98 Å². The molecule has 1 aromatic rings. The SMILES string of the molecule is CCN(C)c1nc(C)ccc1C(N)=NO. The first-order chi connectivity index (χ1) is 7.10. The minimum Gasteiger partial charge on any atom is -0.409 e. The Morgan fingerprint density at radius 2 is 2.27 bits per heavy atom. The van der Waals surface area contributed by atoms with Gasteiger partial charge in [0.15, 0.2) is 5.84 Å². The molecule has 0 fully saturated rings. The van der Waals surface area contributed by atoms with Gasteiger partial charge in [-0.05, 0) is 26.0 Å². The summed E-state index contributed by atoms with van der Waals surface area (Å²) < 4.78 is 0. The predicted molar refractivity (Wildman–Crippen MR) is 60.4 cm³/mol. The zero-order chi connectivity index (χ0) is 11.4. The van der Waals surface area contributed by atoms with E-state index in [0.717, 1.165) is 18.1 Å². The fraction of sp³-hybridized carbons (Fsp3) is 0.400. The summed E-state index contributed by atoms with van der Waals surface area (Å²) in [5, 5.41) is 11.6. The molecule has 5 heteroatoms. The van der Waals surface area contributed by atoms with Crippen LogP contribution in [0.2, 0.25) is 0 Å². The van der Waals surface area contributed by atoms with Crippen molar-refractivity contribution < 1.29 is 5.21 Å². The Labute approximate surface area is 89.2 Å². The van der Waals surface area contributed by atoms with Crippen LogP contribution in [0.25, 0.3) is 0 Å². The Morgan fingerprint density at radius 1 is 1.60 bits per heavy atom. The number of amidine groups is 1. The third-order valence-electron chi connectivity index (χ3n) is 2.23. The lowest BCUT2D eigenvalue weighted by molar-refractivity contribution is 0.318. The molecule has 1 aromatic heterocycles. The molecule has 0 unspecified atom stereocenters. The van der Waals surface area contributed by atoms with Gasteiger partial charge < -0.3 is 15.8 Å². The lowest BCUT2D eigenvalue weighted by Gasteiger charge is -2.19. The van der Waals surface area contributed by atoms with E-state index in [1.54, 1.807) is 6.07 Å². The molecule has 0 bridgehead atoms. The van der Waals surface area contributed by atoms with Gasteiger partial charge >= 0.3 is 0 Å². The first kappa shape index (κ1) is 11.3. The molecule has 82 valence electrons. The molecular weight excluding hydrogens is 192 g/mol. The van der Waals surface area contributed by atoms with Crippen LogP contribution in [-0.4, -0.2) is 29.6 Å². The van der Waals surface area contributed by atoms with Crippen LogP contribution in [0.1, 0.15) is 18.2 Å². The number of pyridine rings is 1. The van der Waals surface area contributed by atoms with Crippen molar-refractivity contribution in [3.8, 4) is 0 Å². The molecule has 0 aliphatic heterocycles. The summed E-state index contributed by atoms with van der Waals surface area (Å²) in [5.74, 6) is 0.811. The fourth-order valence-electron chi connectivity index (χ4n) is 1.24. The minimum atomic E-state index is 0.0813. The second-order valence-electron chi connectivity index (χ2n) is 3.32.